The molecule has 0 spiro atoms. The Bertz CT molecular complexity index is 247. The summed E-state index contributed by atoms with van der Waals surface area (Å²) in [5.41, 5.74) is 0. The summed E-state index contributed by atoms with van der Waals surface area (Å²) in [5, 5.41) is 8.89. The third-order valence-electron chi connectivity index (χ3n) is 1.76. The molecule has 0 aromatic carbocycles. The zero-order chi connectivity index (χ0) is 9.90. The zero-order valence-electron chi connectivity index (χ0n) is 7.43. The van der Waals surface area contributed by atoms with Gasteiger partial charge in [0, 0.05) is 26.7 Å². The standard InChI is InChI=1S/C6H14N2O4S/c1-12-3-2-7-13(10,11)8-4-6(9)5-8/h6-7,9H,2-5H2,1H3. The van der Waals surface area contributed by atoms with Gasteiger partial charge >= 0.3 is 0 Å². The Kier molecular flexibility index (Phi) is 3.63. The highest BCUT2D eigenvalue weighted by Gasteiger charge is 2.33. The van der Waals surface area contributed by atoms with Gasteiger partial charge in [-0.2, -0.15) is 17.4 Å². The Morgan fingerprint density at radius 2 is 2.23 bits per heavy atom. The molecule has 1 heterocycles. The molecule has 1 aliphatic heterocycles. The lowest BCUT2D eigenvalue weighted by atomic mass is 10.2. The summed E-state index contributed by atoms with van der Waals surface area (Å²) in [6.45, 7) is 0.964. The molecule has 78 valence electrons. The maximum absolute atomic E-state index is 11.3. The number of ether oxygens (including phenoxy) is 1. The van der Waals surface area contributed by atoms with Gasteiger partial charge in [0.15, 0.2) is 0 Å². The van der Waals surface area contributed by atoms with Crippen molar-refractivity contribution in [3.8, 4) is 0 Å². The van der Waals surface area contributed by atoms with Crippen LogP contribution in [0.25, 0.3) is 0 Å². The van der Waals surface area contributed by atoms with Crippen molar-refractivity contribution in [1.82, 2.24) is 9.03 Å². The van der Waals surface area contributed by atoms with Crippen molar-refractivity contribution in [3.05, 3.63) is 0 Å². The summed E-state index contributed by atoms with van der Waals surface area (Å²) >= 11 is 0. The number of aliphatic hydroxyl groups excluding tert-OH is 1. The molecule has 0 saturated carbocycles. The number of rotatable bonds is 5. The molecule has 13 heavy (non-hydrogen) atoms. The van der Waals surface area contributed by atoms with E-state index >= 15 is 0 Å². The van der Waals surface area contributed by atoms with Crippen LogP contribution >= 0.6 is 0 Å². The first-order chi connectivity index (χ1) is 6.06. The van der Waals surface area contributed by atoms with Crippen LogP contribution in [0.1, 0.15) is 0 Å². The van der Waals surface area contributed by atoms with E-state index in [2.05, 4.69) is 4.72 Å². The fourth-order valence-electron chi connectivity index (χ4n) is 0.977. The van der Waals surface area contributed by atoms with Crippen LogP contribution < -0.4 is 4.72 Å². The molecule has 6 nitrogen and oxygen atoms in total. The van der Waals surface area contributed by atoms with Crippen LogP contribution in [0, 0.1) is 0 Å². The van der Waals surface area contributed by atoms with E-state index in [1.807, 2.05) is 0 Å². The van der Waals surface area contributed by atoms with Crippen molar-refractivity contribution >= 4 is 10.2 Å². The lowest BCUT2D eigenvalue weighted by molar-refractivity contribution is 0.0538. The van der Waals surface area contributed by atoms with Crippen LogP contribution in [0.3, 0.4) is 0 Å². The second kappa shape index (κ2) is 4.34. The molecule has 2 N–H and O–H groups in total. The topological polar surface area (TPSA) is 78.9 Å². The van der Waals surface area contributed by atoms with E-state index in [4.69, 9.17) is 9.84 Å². The minimum Gasteiger partial charge on any atom is -0.390 e. The van der Waals surface area contributed by atoms with Gasteiger partial charge in [0.2, 0.25) is 0 Å². The summed E-state index contributed by atoms with van der Waals surface area (Å²) in [6, 6.07) is 0. The number of hydrogen-bond donors (Lipinski definition) is 2. The number of nitrogens with zero attached hydrogens (tertiary/aromatic N) is 1. The number of aliphatic hydroxyl groups is 1. The fourth-order valence-corrected chi connectivity index (χ4v) is 2.24. The molecule has 7 heteroatoms. The SMILES string of the molecule is COCCNS(=O)(=O)N1CC(O)C1. The van der Waals surface area contributed by atoms with Crippen LogP contribution in [0.15, 0.2) is 0 Å². The minimum absolute atomic E-state index is 0.183. The van der Waals surface area contributed by atoms with E-state index in [1.54, 1.807) is 0 Å². The molecule has 1 saturated heterocycles. The summed E-state index contributed by atoms with van der Waals surface area (Å²) in [5.74, 6) is 0. The van der Waals surface area contributed by atoms with Gasteiger partial charge in [0.25, 0.3) is 10.2 Å². The Labute approximate surface area is 77.7 Å². The highest BCUT2D eigenvalue weighted by atomic mass is 32.2. The molecule has 0 aliphatic carbocycles. The normalized spacial score (nSPS) is 20.2. The van der Waals surface area contributed by atoms with Crippen molar-refractivity contribution in [3.63, 3.8) is 0 Å². The maximum atomic E-state index is 11.3. The van der Waals surface area contributed by atoms with Crippen molar-refractivity contribution in [1.29, 1.82) is 0 Å². The number of nitrogens with one attached hydrogen (secondary N) is 1. The lowest BCUT2D eigenvalue weighted by Crippen LogP contribution is -2.57. The van der Waals surface area contributed by atoms with Crippen LogP contribution in [-0.4, -0.2) is 57.3 Å². The predicted molar refractivity (Wildman–Crippen MR) is 46.4 cm³/mol. The average Bonchev–Trinajstić information content (AvgIpc) is 1.99. The number of hydrogen-bond acceptors (Lipinski definition) is 4. The summed E-state index contributed by atoms with van der Waals surface area (Å²) in [7, 11) is -1.88. The molecule has 0 amide bonds. The Hall–Kier alpha value is -0.210. The smallest absolute Gasteiger partial charge is 0.279 e. The number of β-amino-alcohol motifs (C(OH)–C–C–N with tert-alkyl or cyclic N) is 1. The van der Waals surface area contributed by atoms with Crippen molar-refractivity contribution in [2.24, 2.45) is 0 Å². The molecule has 0 atom stereocenters. The van der Waals surface area contributed by atoms with Gasteiger partial charge in [-0.15, -0.1) is 0 Å². The van der Waals surface area contributed by atoms with Gasteiger partial charge in [-0.05, 0) is 0 Å². The van der Waals surface area contributed by atoms with E-state index in [1.165, 1.54) is 11.4 Å². The molecule has 0 aromatic heterocycles. The molecule has 0 bridgehead atoms. The molecular weight excluding hydrogens is 196 g/mol. The van der Waals surface area contributed by atoms with E-state index in [9.17, 15) is 8.42 Å². The van der Waals surface area contributed by atoms with Gasteiger partial charge < -0.3 is 9.84 Å². The third-order valence-corrected chi connectivity index (χ3v) is 3.31. The van der Waals surface area contributed by atoms with E-state index < -0.39 is 16.3 Å². The van der Waals surface area contributed by atoms with Crippen LogP contribution in [0.4, 0.5) is 0 Å². The van der Waals surface area contributed by atoms with Gasteiger partial charge in [-0.25, -0.2) is 0 Å². The third kappa shape index (κ3) is 2.89. The van der Waals surface area contributed by atoms with E-state index in [0.29, 0.717) is 6.61 Å². The maximum Gasteiger partial charge on any atom is 0.279 e. The van der Waals surface area contributed by atoms with Gasteiger partial charge in [-0.1, -0.05) is 0 Å². The van der Waals surface area contributed by atoms with Crippen LogP contribution in [-0.2, 0) is 14.9 Å². The zero-order valence-corrected chi connectivity index (χ0v) is 8.25. The van der Waals surface area contributed by atoms with Gasteiger partial charge in [0.1, 0.15) is 0 Å². The quantitative estimate of drug-likeness (QED) is 0.522. The average molecular weight is 210 g/mol. The highest BCUT2D eigenvalue weighted by Crippen LogP contribution is 2.10. The van der Waals surface area contributed by atoms with Crippen molar-refractivity contribution in [2.45, 2.75) is 6.10 Å². The fraction of sp³-hybridized carbons (Fsp3) is 1.00. The lowest BCUT2D eigenvalue weighted by Gasteiger charge is -2.34. The summed E-state index contributed by atoms with van der Waals surface area (Å²) in [4.78, 5) is 0. The molecule has 1 fully saturated rings. The second-order valence-corrected chi connectivity index (χ2v) is 4.62. The van der Waals surface area contributed by atoms with Crippen LogP contribution in [0.2, 0.25) is 0 Å². The Morgan fingerprint density at radius 1 is 1.62 bits per heavy atom. The Morgan fingerprint density at radius 3 is 2.69 bits per heavy atom. The summed E-state index contributed by atoms with van der Waals surface area (Å²) < 4.78 is 30.8. The first-order valence-corrected chi connectivity index (χ1v) is 5.42. The first-order valence-electron chi connectivity index (χ1n) is 3.98. The molecular formula is C6H14N2O4S. The van der Waals surface area contributed by atoms with E-state index in [0.717, 1.165) is 0 Å². The second-order valence-electron chi connectivity index (χ2n) is 2.86. The van der Waals surface area contributed by atoms with Gasteiger partial charge in [0.05, 0.1) is 12.7 Å². The molecule has 0 unspecified atom stereocenters. The predicted octanol–water partition coefficient (Wildman–Crippen LogP) is -1.86. The Balaban J connectivity index is 2.30. The highest BCUT2D eigenvalue weighted by molar-refractivity contribution is 7.87. The molecule has 1 rings (SSSR count). The van der Waals surface area contributed by atoms with Crippen molar-refractivity contribution < 1.29 is 18.3 Å². The molecule has 0 radical (unpaired) electrons. The van der Waals surface area contributed by atoms with E-state index in [-0.39, 0.29) is 19.6 Å². The first kappa shape index (κ1) is 10.9. The minimum atomic E-state index is -3.39. The number of methoxy groups -OCH3 is 1. The largest absolute Gasteiger partial charge is 0.390 e. The monoisotopic (exact) mass is 210 g/mol. The van der Waals surface area contributed by atoms with Gasteiger partial charge in [-0.3, -0.25) is 0 Å². The molecule has 1 aliphatic rings. The summed E-state index contributed by atoms with van der Waals surface area (Å²) in [6.07, 6.45) is -0.515. The van der Waals surface area contributed by atoms with Crippen LogP contribution in [0.5, 0.6) is 0 Å². The molecule has 0 aromatic rings. The van der Waals surface area contributed by atoms with Crippen molar-refractivity contribution in [2.75, 3.05) is 33.4 Å².